The van der Waals surface area contributed by atoms with Crippen molar-refractivity contribution in [3.8, 4) is 0 Å². The number of aliphatic carboxylic acids is 1. The summed E-state index contributed by atoms with van der Waals surface area (Å²) in [7, 11) is 0. The molecule has 1 aliphatic carbocycles. The number of carboxylic acid groups (broad SMARTS) is 1. The van der Waals surface area contributed by atoms with Gasteiger partial charge in [0.1, 0.15) is 5.82 Å². The molecule has 2 aromatic rings. The minimum atomic E-state index is -0.874. The second-order valence-corrected chi connectivity index (χ2v) is 6.58. The standard InChI is InChI=1S/C20H19FN2O4/c21-15-4-2-6-17(11-15)23-18(24)12-3-1-5-16(10-12)22-19(25)13-7-8-14(9-13)20(26)27/h1-6,10-11,13-14H,7-9H2,(H,22,25)(H,23,24)(H,26,27)/t13-,14+/m0/s1. The van der Waals surface area contributed by atoms with E-state index in [0.29, 0.717) is 36.2 Å². The molecule has 0 saturated heterocycles. The van der Waals surface area contributed by atoms with Crippen LogP contribution in [0, 0.1) is 17.7 Å². The van der Waals surface area contributed by atoms with Gasteiger partial charge in [0.2, 0.25) is 5.91 Å². The zero-order valence-electron chi connectivity index (χ0n) is 14.4. The number of rotatable bonds is 5. The molecule has 0 heterocycles. The lowest BCUT2D eigenvalue weighted by Crippen LogP contribution is -2.22. The highest BCUT2D eigenvalue weighted by atomic mass is 19.1. The number of hydrogen-bond donors (Lipinski definition) is 3. The van der Waals surface area contributed by atoms with E-state index < -0.39 is 23.6 Å². The third kappa shape index (κ3) is 4.69. The summed E-state index contributed by atoms with van der Waals surface area (Å²) < 4.78 is 13.2. The average molecular weight is 370 g/mol. The Labute approximate surface area is 155 Å². The van der Waals surface area contributed by atoms with Gasteiger partial charge in [0.15, 0.2) is 0 Å². The maximum atomic E-state index is 13.2. The van der Waals surface area contributed by atoms with Crippen LogP contribution < -0.4 is 10.6 Å². The second kappa shape index (κ2) is 7.99. The van der Waals surface area contributed by atoms with Crippen LogP contribution >= 0.6 is 0 Å². The van der Waals surface area contributed by atoms with E-state index in [0.717, 1.165) is 0 Å². The van der Waals surface area contributed by atoms with Crippen LogP contribution in [0.5, 0.6) is 0 Å². The van der Waals surface area contributed by atoms with Crippen molar-refractivity contribution in [1.82, 2.24) is 0 Å². The number of nitrogens with one attached hydrogen (secondary N) is 2. The molecule has 0 bridgehead atoms. The van der Waals surface area contributed by atoms with Crippen LogP contribution in [0.25, 0.3) is 0 Å². The van der Waals surface area contributed by atoms with E-state index >= 15 is 0 Å². The van der Waals surface area contributed by atoms with Crippen molar-refractivity contribution in [1.29, 1.82) is 0 Å². The number of anilines is 2. The summed E-state index contributed by atoms with van der Waals surface area (Å²) >= 11 is 0. The van der Waals surface area contributed by atoms with Gasteiger partial charge < -0.3 is 15.7 Å². The van der Waals surface area contributed by atoms with Crippen molar-refractivity contribution >= 4 is 29.2 Å². The molecule has 2 aromatic carbocycles. The molecule has 0 unspecified atom stereocenters. The first-order chi connectivity index (χ1) is 12.9. The highest BCUT2D eigenvalue weighted by Gasteiger charge is 2.33. The Morgan fingerprint density at radius 1 is 0.926 bits per heavy atom. The molecule has 0 radical (unpaired) electrons. The summed E-state index contributed by atoms with van der Waals surface area (Å²) in [6.07, 6.45) is 1.34. The Hall–Kier alpha value is -3.22. The van der Waals surface area contributed by atoms with Gasteiger partial charge in [-0.05, 0) is 55.7 Å². The van der Waals surface area contributed by atoms with E-state index in [4.69, 9.17) is 5.11 Å². The molecule has 6 nitrogen and oxygen atoms in total. The van der Waals surface area contributed by atoms with Gasteiger partial charge in [0.25, 0.3) is 5.91 Å². The first-order valence-electron chi connectivity index (χ1n) is 8.63. The second-order valence-electron chi connectivity index (χ2n) is 6.58. The van der Waals surface area contributed by atoms with Crippen molar-refractivity contribution in [3.63, 3.8) is 0 Å². The fraction of sp³-hybridized carbons (Fsp3) is 0.250. The number of carbonyl (C=O) groups is 3. The first kappa shape index (κ1) is 18.6. The monoisotopic (exact) mass is 370 g/mol. The molecule has 0 spiro atoms. The smallest absolute Gasteiger partial charge is 0.306 e. The molecule has 27 heavy (non-hydrogen) atoms. The fourth-order valence-electron chi connectivity index (χ4n) is 3.20. The van der Waals surface area contributed by atoms with E-state index in [1.54, 1.807) is 24.3 Å². The lowest BCUT2D eigenvalue weighted by molar-refractivity contribution is -0.141. The highest BCUT2D eigenvalue weighted by Crippen LogP contribution is 2.32. The predicted octanol–water partition coefficient (Wildman–Crippen LogP) is 3.52. The van der Waals surface area contributed by atoms with Gasteiger partial charge in [-0.25, -0.2) is 4.39 Å². The lowest BCUT2D eigenvalue weighted by atomic mass is 10.0. The molecular weight excluding hydrogens is 351 g/mol. The van der Waals surface area contributed by atoms with Crippen LogP contribution in [0.2, 0.25) is 0 Å². The Kier molecular flexibility index (Phi) is 5.49. The zero-order chi connectivity index (χ0) is 19.4. The topological polar surface area (TPSA) is 95.5 Å². The van der Waals surface area contributed by atoms with Crippen LogP contribution in [0.3, 0.4) is 0 Å². The van der Waals surface area contributed by atoms with Gasteiger partial charge in [0.05, 0.1) is 5.92 Å². The van der Waals surface area contributed by atoms with Gasteiger partial charge in [0, 0.05) is 22.9 Å². The molecule has 0 aromatic heterocycles. The van der Waals surface area contributed by atoms with Crippen molar-refractivity contribution in [2.45, 2.75) is 19.3 Å². The van der Waals surface area contributed by atoms with E-state index in [1.807, 2.05) is 0 Å². The fourth-order valence-corrected chi connectivity index (χ4v) is 3.20. The number of carbonyl (C=O) groups excluding carboxylic acids is 2. The van der Waals surface area contributed by atoms with Gasteiger partial charge in [-0.1, -0.05) is 12.1 Å². The van der Waals surface area contributed by atoms with Crippen LogP contribution in [0.15, 0.2) is 48.5 Å². The summed E-state index contributed by atoms with van der Waals surface area (Å²) in [5.41, 5.74) is 1.10. The SMILES string of the molecule is O=C(Nc1cccc(F)c1)c1cccc(NC(=O)[C@H]2CC[C@@H](C(=O)O)C2)c1. The Bertz CT molecular complexity index is 884. The van der Waals surface area contributed by atoms with Crippen LogP contribution in [-0.4, -0.2) is 22.9 Å². The van der Waals surface area contributed by atoms with Gasteiger partial charge in [-0.3, -0.25) is 14.4 Å². The number of carboxylic acids is 1. The Morgan fingerprint density at radius 3 is 2.26 bits per heavy atom. The molecule has 3 rings (SSSR count). The molecule has 1 aliphatic rings. The van der Waals surface area contributed by atoms with Crippen molar-refractivity contribution in [3.05, 3.63) is 59.9 Å². The minimum Gasteiger partial charge on any atom is -0.481 e. The number of halogens is 1. The van der Waals surface area contributed by atoms with E-state index in [1.165, 1.54) is 24.3 Å². The highest BCUT2D eigenvalue weighted by molar-refractivity contribution is 6.05. The van der Waals surface area contributed by atoms with Crippen molar-refractivity contribution in [2.24, 2.45) is 11.8 Å². The number of amides is 2. The Morgan fingerprint density at radius 2 is 1.59 bits per heavy atom. The number of benzene rings is 2. The molecule has 1 saturated carbocycles. The molecule has 3 N–H and O–H groups in total. The summed E-state index contributed by atoms with van der Waals surface area (Å²) in [6, 6.07) is 12.0. The molecule has 140 valence electrons. The third-order valence-corrected chi connectivity index (χ3v) is 4.63. The van der Waals surface area contributed by atoms with Crippen molar-refractivity contribution < 1.29 is 23.9 Å². The maximum absolute atomic E-state index is 13.2. The minimum absolute atomic E-state index is 0.249. The Balaban J connectivity index is 1.64. The molecule has 0 aliphatic heterocycles. The first-order valence-corrected chi connectivity index (χ1v) is 8.63. The van der Waals surface area contributed by atoms with Crippen LogP contribution in [0.1, 0.15) is 29.6 Å². The molecule has 7 heteroatoms. The van der Waals surface area contributed by atoms with Crippen LogP contribution in [0.4, 0.5) is 15.8 Å². The quantitative estimate of drug-likeness (QED) is 0.750. The van der Waals surface area contributed by atoms with Crippen LogP contribution in [-0.2, 0) is 9.59 Å². The molecule has 2 amide bonds. The van der Waals surface area contributed by atoms with E-state index in [-0.39, 0.29) is 11.8 Å². The predicted molar refractivity (Wildman–Crippen MR) is 97.9 cm³/mol. The molecular formula is C20H19FN2O4. The largest absolute Gasteiger partial charge is 0.481 e. The van der Waals surface area contributed by atoms with Crippen molar-refractivity contribution in [2.75, 3.05) is 10.6 Å². The lowest BCUT2D eigenvalue weighted by Gasteiger charge is -2.12. The molecule has 1 fully saturated rings. The van der Waals surface area contributed by atoms with E-state index in [9.17, 15) is 18.8 Å². The summed E-state index contributed by atoms with van der Waals surface area (Å²) in [4.78, 5) is 35.7. The average Bonchev–Trinajstić information content (AvgIpc) is 3.12. The summed E-state index contributed by atoms with van der Waals surface area (Å²) in [5, 5.41) is 14.4. The van der Waals surface area contributed by atoms with Gasteiger partial charge in [-0.15, -0.1) is 0 Å². The normalized spacial score (nSPS) is 18.7. The number of hydrogen-bond acceptors (Lipinski definition) is 3. The zero-order valence-corrected chi connectivity index (χ0v) is 14.4. The van der Waals surface area contributed by atoms with Gasteiger partial charge in [-0.2, -0.15) is 0 Å². The molecule has 2 atom stereocenters. The van der Waals surface area contributed by atoms with Gasteiger partial charge >= 0.3 is 5.97 Å². The van der Waals surface area contributed by atoms with E-state index in [2.05, 4.69) is 10.6 Å². The summed E-state index contributed by atoms with van der Waals surface area (Å²) in [6.45, 7) is 0. The summed E-state index contributed by atoms with van der Waals surface area (Å²) in [5.74, 6) is -2.84. The maximum Gasteiger partial charge on any atom is 0.306 e. The third-order valence-electron chi connectivity index (χ3n) is 4.63.